The van der Waals surface area contributed by atoms with Crippen molar-refractivity contribution in [3.05, 3.63) is 60.2 Å². The lowest BCUT2D eigenvalue weighted by molar-refractivity contribution is 0.288. The Morgan fingerprint density at radius 2 is 1.47 bits per heavy atom. The van der Waals surface area contributed by atoms with E-state index in [0.717, 1.165) is 24.2 Å². The summed E-state index contributed by atoms with van der Waals surface area (Å²) in [4.78, 5) is 0. The minimum absolute atomic E-state index is 0.254. The summed E-state index contributed by atoms with van der Waals surface area (Å²) < 4.78 is 0. The molecular weight excluding hydrogens is 210 g/mol. The van der Waals surface area contributed by atoms with Gasteiger partial charge in [0.2, 0.25) is 0 Å². The van der Waals surface area contributed by atoms with Crippen LogP contribution in [-0.2, 0) is 6.42 Å². The Balaban J connectivity index is 1.98. The van der Waals surface area contributed by atoms with Gasteiger partial charge in [0.25, 0.3) is 0 Å². The van der Waals surface area contributed by atoms with E-state index >= 15 is 0 Å². The van der Waals surface area contributed by atoms with Gasteiger partial charge in [-0.1, -0.05) is 30.3 Å². The van der Waals surface area contributed by atoms with Gasteiger partial charge in [-0.25, -0.2) is 0 Å². The van der Waals surface area contributed by atoms with Crippen molar-refractivity contribution in [2.45, 2.75) is 12.8 Å². The molecule has 88 valence electrons. The number of hydrogen-bond acceptors (Lipinski definition) is 2. The van der Waals surface area contributed by atoms with Gasteiger partial charge in [0.1, 0.15) is 0 Å². The van der Waals surface area contributed by atoms with Gasteiger partial charge in [0.15, 0.2) is 0 Å². The fourth-order valence-electron chi connectivity index (χ4n) is 1.73. The highest BCUT2D eigenvalue weighted by molar-refractivity contribution is 5.59. The molecular formula is C15H17NO. The van der Waals surface area contributed by atoms with Crippen LogP contribution in [0.2, 0.25) is 0 Å². The zero-order chi connectivity index (χ0) is 11.9. The number of nitrogens with one attached hydrogen (secondary N) is 1. The van der Waals surface area contributed by atoms with Crippen molar-refractivity contribution >= 4 is 11.4 Å². The number of aryl methyl sites for hydroxylation is 1. The van der Waals surface area contributed by atoms with Crippen molar-refractivity contribution in [2.75, 3.05) is 11.9 Å². The van der Waals surface area contributed by atoms with Crippen molar-refractivity contribution in [3.8, 4) is 0 Å². The first-order valence-electron chi connectivity index (χ1n) is 5.90. The predicted octanol–water partition coefficient (Wildman–Crippen LogP) is 3.36. The molecule has 0 spiro atoms. The third-order valence-electron chi connectivity index (χ3n) is 2.64. The second-order valence-corrected chi connectivity index (χ2v) is 4.02. The molecule has 0 saturated carbocycles. The van der Waals surface area contributed by atoms with Crippen LogP contribution in [0.4, 0.5) is 11.4 Å². The lowest BCUT2D eigenvalue weighted by atomic mass is 10.1. The molecule has 0 aliphatic carbocycles. The molecule has 2 rings (SSSR count). The number of hydrogen-bond donors (Lipinski definition) is 2. The van der Waals surface area contributed by atoms with Crippen LogP contribution in [-0.4, -0.2) is 11.7 Å². The standard InChI is InChI=1S/C15H17NO/c17-12-4-5-13-8-10-15(11-9-13)16-14-6-2-1-3-7-14/h1-3,6-11,16-17H,4-5,12H2. The fourth-order valence-corrected chi connectivity index (χ4v) is 1.73. The highest BCUT2D eigenvalue weighted by Gasteiger charge is 1.95. The molecule has 0 amide bonds. The van der Waals surface area contributed by atoms with E-state index in [4.69, 9.17) is 5.11 Å². The normalized spacial score (nSPS) is 10.2. The molecule has 0 aliphatic heterocycles. The van der Waals surface area contributed by atoms with Crippen LogP contribution in [0.5, 0.6) is 0 Å². The highest BCUT2D eigenvalue weighted by Crippen LogP contribution is 2.17. The van der Waals surface area contributed by atoms with E-state index in [0.29, 0.717) is 0 Å². The minimum atomic E-state index is 0.254. The first-order chi connectivity index (χ1) is 8.38. The summed E-state index contributed by atoms with van der Waals surface area (Å²) in [6.07, 6.45) is 1.76. The largest absolute Gasteiger partial charge is 0.396 e. The summed E-state index contributed by atoms with van der Waals surface area (Å²) in [5.74, 6) is 0. The molecule has 0 aromatic heterocycles. The van der Waals surface area contributed by atoms with Crippen molar-refractivity contribution in [1.82, 2.24) is 0 Å². The molecule has 0 unspecified atom stereocenters. The maximum Gasteiger partial charge on any atom is 0.0434 e. The maximum absolute atomic E-state index is 8.76. The van der Waals surface area contributed by atoms with Crippen molar-refractivity contribution < 1.29 is 5.11 Å². The lowest BCUT2D eigenvalue weighted by Crippen LogP contribution is -1.92. The van der Waals surface area contributed by atoms with E-state index in [1.165, 1.54) is 5.56 Å². The first kappa shape index (κ1) is 11.7. The number of anilines is 2. The van der Waals surface area contributed by atoms with Gasteiger partial charge in [0.05, 0.1) is 0 Å². The average Bonchev–Trinajstić information content (AvgIpc) is 2.39. The second kappa shape index (κ2) is 6.06. The number of para-hydroxylation sites is 1. The second-order valence-electron chi connectivity index (χ2n) is 4.02. The predicted molar refractivity (Wildman–Crippen MR) is 71.6 cm³/mol. The van der Waals surface area contributed by atoms with E-state index in [9.17, 15) is 0 Å². The minimum Gasteiger partial charge on any atom is -0.396 e. The molecule has 2 aromatic rings. The topological polar surface area (TPSA) is 32.3 Å². The third kappa shape index (κ3) is 3.61. The van der Waals surface area contributed by atoms with Crippen LogP contribution in [0.3, 0.4) is 0 Å². The number of benzene rings is 2. The molecule has 2 aromatic carbocycles. The summed E-state index contributed by atoms with van der Waals surface area (Å²) in [5.41, 5.74) is 3.44. The molecule has 0 fully saturated rings. The summed E-state index contributed by atoms with van der Waals surface area (Å²) in [5, 5.41) is 12.1. The Labute approximate surface area is 102 Å². The average molecular weight is 227 g/mol. The van der Waals surface area contributed by atoms with Gasteiger partial charge in [-0.2, -0.15) is 0 Å². The van der Waals surface area contributed by atoms with Gasteiger partial charge in [-0.05, 0) is 42.7 Å². The summed E-state index contributed by atoms with van der Waals surface area (Å²) in [6, 6.07) is 18.4. The Morgan fingerprint density at radius 3 is 2.12 bits per heavy atom. The number of aliphatic hydroxyl groups excluding tert-OH is 1. The van der Waals surface area contributed by atoms with E-state index in [2.05, 4.69) is 29.6 Å². The van der Waals surface area contributed by atoms with Crippen LogP contribution in [0.1, 0.15) is 12.0 Å². The van der Waals surface area contributed by atoms with Gasteiger partial charge >= 0.3 is 0 Å². The molecule has 2 N–H and O–H groups in total. The molecule has 0 atom stereocenters. The molecule has 0 bridgehead atoms. The molecule has 0 saturated heterocycles. The molecule has 0 aliphatic rings. The molecule has 0 heterocycles. The fraction of sp³-hybridized carbons (Fsp3) is 0.200. The first-order valence-corrected chi connectivity index (χ1v) is 5.90. The molecule has 17 heavy (non-hydrogen) atoms. The van der Waals surface area contributed by atoms with Gasteiger partial charge in [-0.15, -0.1) is 0 Å². The van der Waals surface area contributed by atoms with Crippen molar-refractivity contribution in [2.24, 2.45) is 0 Å². The zero-order valence-electron chi connectivity index (χ0n) is 9.76. The van der Waals surface area contributed by atoms with E-state index < -0.39 is 0 Å². The van der Waals surface area contributed by atoms with E-state index in [1.54, 1.807) is 0 Å². The van der Waals surface area contributed by atoms with Crippen molar-refractivity contribution in [3.63, 3.8) is 0 Å². The Morgan fingerprint density at radius 1 is 0.824 bits per heavy atom. The SMILES string of the molecule is OCCCc1ccc(Nc2ccccc2)cc1. The number of aliphatic hydroxyl groups is 1. The van der Waals surface area contributed by atoms with Crippen LogP contribution < -0.4 is 5.32 Å². The van der Waals surface area contributed by atoms with Crippen LogP contribution >= 0.6 is 0 Å². The van der Waals surface area contributed by atoms with E-state index in [-0.39, 0.29) is 6.61 Å². The molecule has 2 heteroatoms. The quantitative estimate of drug-likeness (QED) is 0.821. The van der Waals surface area contributed by atoms with Gasteiger partial charge in [0, 0.05) is 18.0 Å². The Kier molecular flexibility index (Phi) is 4.17. The summed E-state index contributed by atoms with van der Waals surface area (Å²) in [6.45, 7) is 0.254. The van der Waals surface area contributed by atoms with Crippen LogP contribution in [0.25, 0.3) is 0 Å². The van der Waals surface area contributed by atoms with Crippen LogP contribution in [0.15, 0.2) is 54.6 Å². The van der Waals surface area contributed by atoms with Crippen molar-refractivity contribution in [1.29, 1.82) is 0 Å². The highest BCUT2D eigenvalue weighted by atomic mass is 16.2. The van der Waals surface area contributed by atoms with Crippen LogP contribution in [0, 0.1) is 0 Å². The molecule has 0 radical (unpaired) electrons. The van der Waals surface area contributed by atoms with Gasteiger partial charge < -0.3 is 10.4 Å². The maximum atomic E-state index is 8.76. The summed E-state index contributed by atoms with van der Waals surface area (Å²) in [7, 11) is 0. The van der Waals surface area contributed by atoms with E-state index in [1.807, 2.05) is 30.3 Å². The Bertz CT molecular complexity index is 436. The number of rotatable bonds is 5. The van der Waals surface area contributed by atoms with Gasteiger partial charge in [-0.3, -0.25) is 0 Å². The Hall–Kier alpha value is -1.80. The monoisotopic (exact) mass is 227 g/mol. The third-order valence-corrected chi connectivity index (χ3v) is 2.64. The summed E-state index contributed by atoms with van der Waals surface area (Å²) >= 11 is 0. The molecule has 2 nitrogen and oxygen atoms in total. The smallest absolute Gasteiger partial charge is 0.0434 e. The lowest BCUT2D eigenvalue weighted by Gasteiger charge is -2.07. The zero-order valence-corrected chi connectivity index (χ0v) is 9.76.